The average molecular weight is 599 g/mol. The van der Waals surface area contributed by atoms with E-state index < -0.39 is 11.8 Å². The molecule has 0 aliphatic carbocycles. The lowest BCUT2D eigenvalue weighted by Gasteiger charge is -2.29. The van der Waals surface area contributed by atoms with Crippen molar-refractivity contribution in [2.45, 2.75) is 20.5 Å². The number of aryl methyl sites for hydroxylation is 2. The number of para-hydroxylation sites is 1. The quantitative estimate of drug-likeness (QED) is 0.132. The highest BCUT2D eigenvalue weighted by Gasteiger charge is 2.34. The molecule has 1 aliphatic rings. The molecule has 4 aromatic carbocycles. The van der Waals surface area contributed by atoms with Gasteiger partial charge in [0.15, 0.2) is 5.11 Å². The normalized spacial score (nSPS) is 14.1. The molecule has 1 N–H and O–H groups in total. The number of carbonyl (C=O) groups excluding carboxylic acids is 2. The number of halogens is 1. The highest BCUT2D eigenvalue weighted by atomic mass is 35.5. The summed E-state index contributed by atoms with van der Waals surface area (Å²) in [5.41, 5.74) is 3.63. The molecule has 1 heterocycles. The van der Waals surface area contributed by atoms with E-state index in [9.17, 15) is 9.59 Å². The van der Waals surface area contributed by atoms with E-state index in [0.29, 0.717) is 39.3 Å². The Morgan fingerprint density at radius 1 is 0.881 bits per heavy atom. The number of rotatable bonds is 8. The number of benzene rings is 4. The van der Waals surface area contributed by atoms with Crippen molar-refractivity contribution in [1.29, 1.82) is 0 Å². The number of nitrogens with zero attached hydrogens (tertiary/aromatic N) is 1. The molecule has 0 atom stereocenters. The molecule has 0 aromatic heterocycles. The van der Waals surface area contributed by atoms with E-state index in [1.54, 1.807) is 43.5 Å². The van der Waals surface area contributed by atoms with Gasteiger partial charge in [-0.05, 0) is 109 Å². The highest BCUT2D eigenvalue weighted by Crippen LogP contribution is 2.30. The zero-order chi connectivity index (χ0) is 29.8. The largest absolute Gasteiger partial charge is 0.496 e. The summed E-state index contributed by atoms with van der Waals surface area (Å²) in [7, 11) is 1.57. The number of anilines is 1. The topological polar surface area (TPSA) is 77.1 Å². The van der Waals surface area contributed by atoms with Crippen LogP contribution in [-0.2, 0) is 16.2 Å². The summed E-state index contributed by atoms with van der Waals surface area (Å²) < 4.78 is 17.4. The van der Waals surface area contributed by atoms with Gasteiger partial charge in [-0.2, -0.15) is 0 Å². The molecule has 42 heavy (non-hydrogen) atoms. The van der Waals surface area contributed by atoms with Gasteiger partial charge < -0.3 is 14.2 Å². The van der Waals surface area contributed by atoms with E-state index in [-0.39, 0.29) is 17.3 Å². The summed E-state index contributed by atoms with van der Waals surface area (Å²) in [6.07, 6.45) is 1.53. The van der Waals surface area contributed by atoms with Gasteiger partial charge in [0.1, 0.15) is 35.2 Å². The standard InChI is InChI=1S/C33H27ClN2O5S/c1-20-15-27(16-21(2)30(20)34)40-19-23-17-22(9-14-29(23)39-3)18-28-31(37)35-33(42)36(32(28)38)24-10-12-26(13-11-24)41-25-7-5-4-6-8-25/h4-18H,19H2,1-3H3,(H,35,37,42). The van der Waals surface area contributed by atoms with E-state index in [1.807, 2.05) is 62.4 Å². The Bertz CT molecular complexity index is 1680. The fraction of sp³-hybridized carbons (Fsp3) is 0.121. The van der Waals surface area contributed by atoms with E-state index in [4.69, 9.17) is 38.0 Å². The third-order valence-corrected chi connectivity index (χ3v) is 7.48. The zero-order valence-electron chi connectivity index (χ0n) is 23.1. The van der Waals surface area contributed by atoms with Gasteiger partial charge in [-0.15, -0.1) is 0 Å². The maximum absolute atomic E-state index is 13.6. The van der Waals surface area contributed by atoms with Crippen LogP contribution >= 0.6 is 23.8 Å². The van der Waals surface area contributed by atoms with Crippen molar-refractivity contribution in [3.63, 3.8) is 0 Å². The average Bonchev–Trinajstić information content (AvgIpc) is 2.98. The number of nitrogens with one attached hydrogen (secondary N) is 1. The van der Waals surface area contributed by atoms with Crippen LogP contribution in [0.25, 0.3) is 6.08 Å². The molecule has 0 radical (unpaired) electrons. The van der Waals surface area contributed by atoms with Crippen LogP contribution in [0.5, 0.6) is 23.0 Å². The number of ether oxygens (including phenoxy) is 3. The van der Waals surface area contributed by atoms with Gasteiger partial charge >= 0.3 is 0 Å². The highest BCUT2D eigenvalue weighted by molar-refractivity contribution is 7.80. The van der Waals surface area contributed by atoms with Crippen molar-refractivity contribution in [3.05, 3.63) is 118 Å². The molecule has 9 heteroatoms. The van der Waals surface area contributed by atoms with Gasteiger partial charge in [-0.25, -0.2) is 0 Å². The molecule has 212 valence electrons. The summed E-state index contributed by atoms with van der Waals surface area (Å²) in [5.74, 6) is 1.45. The lowest BCUT2D eigenvalue weighted by atomic mass is 10.0. The number of carbonyl (C=O) groups is 2. The summed E-state index contributed by atoms with van der Waals surface area (Å²) in [6, 6.07) is 25.3. The molecule has 0 saturated carbocycles. The predicted octanol–water partition coefficient (Wildman–Crippen LogP) is 7.17. The van der Waals surface area contributed by atoms with Gasteiger partial charge in [0.25, 0.3) is 11.8 Å². The minimum Gasteiger partial charge on any atom is -0.496 e. The number of thiocarbonyl (C=S) groups is 1. The SMILES string of the molecule is COc1ccc(C=C2C(=O)NC(=S)N(c3ccc(Oc4ccccc4)cc3)C2=O)cc1COc1cc(C)c(Cl)c(C)c1. The van der Waals surface area contributed by atoms with Crippen molar-refractivity contribution >= 4 is 52.5 Å². The summed E-state index contributed by atoms with van der Waals surface area (Å²) in [5, 5.41) is 3.32. The molecular weight excluding hydrogens is 572 g/mol. The van der Waals surface area contributed by atoms with E-state index >= 15 is 0 Å². The first-order valence-corrected chi connectivity index (χ1v) is 13.8. The Morgan fingerprint density at radius 2 is 1.55 bits per heavy atom. The van der Waals surface area contributed by atoms with Gasteiger partial charge in [0, 0.05) is 10.6 Å². The Kier molecular flexibility index (Phi) is 8.56. The summed E-state index contributed by atoms with van der Waals surface area (Å²) >= 11 is 11.6. The lowest BCUT2D eigenvalue weighted by Crippen LogP contribution is -2.54. The first-order chi connectivity index (χ1) is 20.2. The number of methoxy groups -OCH3 is 1. The molecule has 2 amide bonds. The van der Waals surface area contributed by atoms with Crippen molar-refractivity contribution in [3.8, 4) is 23.0 Å². The second-order valence-corrected chi connectivity index (χ2v) is 10.4. The third-order valence-electron chi connectivity index (χ3n) is 6.60. The van der Waals surface area contributed by atoms with E-state index in [1.165, 1.54) is 11.0 Å². The minimum atomic E-state index is -0.578. The number of hydrogen-bond acceptors (Lipinski definition) is 6. The number of hydrogen-bond donors (Lipinski definition) is 1. The molecule has 7 nitrogen and oxygen atoms in total. The van der Waals surface area contributed by atoms with Gasteiger partial charge in [-0.3, -0.25) is 19.8 Å². The Balaban J connectivity index is 1.38. The summed E-state index contributed by atoms with van der Waals surface area (Å²) in [4.78, 5) is 27.7. The molecule has 1 fully saturated rings. The van der Waals surface area contributed by atoms with E-state index in [2.05, 4.69) is 5.32 Å². The predicted molar refractivity (Wildman–Crippen MR) is 167 cm³/mol. The van der Waals surface area contributed by atoms with Crippen molar-refractivity contribution < 1.29 is 23.8 Å². The molecule has 4 aromatic rings. The molecular formula is C33H27ClN2O5S. The van der Waals surface area contributed by atoms with Crippen LogP contribution in [0.4, 0.5) is 5.69 Å². The van der Waals surface area contributed by atoms with Gasteiger partial charge in [0.05, 0.1) is 12.8 Å². The second-order valence-electron chi connectivity index (χ2n) is 9.60. The van der Waals surface area contributed by atoms with Crippen LogP contribution in [0.3, 0.4) is 0 Å². The van der Waals surface area contributed by atoms with Crippen molar-refractivity contribution in [2.24, 2.45) is 0 Å². The van der Waals surface area contributed by atoms with Crippen molar-refractivity contribution in [1.82, 2.24) is 5.32 Å². The molecule has 0 unspecified atom stereocenters. The van der Waals surface area contributed by atoms with Crippen LogP contribution < -0.4 is 24.4 Å². The molecule has 0 spiro atoms. The first-order valence-electron chi connectivity index (χ1n) is 13.0. The molecule has 1 aliphatic heterocycles. The van der Waals surface area contributed by atoms with Crippen LogP contribution in [0.15, 0.2) is 90.5 Å². The summed E-state index contributed by atoms with van der Waals surface area (Å²) in [6.45, 7) is 4.04. The fourth-order valence-electron chi connectivity index (χ4n) is 4.50. The maximum atomic E-state index is 13.6. The molecule has 0 bridgehead atoms. The Hall–Kier alpha value is -4.66. The molecule has 5 rings (SSSR count). The van der Waals surface area contributed by atoms with E-state index in [0.717, 1.165) is 16.7 Å². The fourth-order valence-corrected chi connectivity index (χ4v) is 4.89. The third kappa shape index (κ3) is 6.30. The Labute approximate surface area is 254 Å². The van der Waals surface area contributed by atoms with Gasteiger partial charge in [0.2, 0.25) is 0 Å². The monoisotopic (exact) mass is 598 g/mol. The molecule has 1 saturated heterocycles. The van der Waals surface area contributed by atoms with Crippen LogP contribution in [0.1, 0.15) is 22.3 Å². The Morgan fingerprint density at radius 3 is 2.21 bits per heavy atom. The van der Waals surface area contributed by atoms with Crippen LogP contribution in [0.2, 0.25) is 5.02 Å². The van der Waals surface area contributed by atoms with Crippen LogP contribution in [0, 0.1) is 13.8 Å². The van der Waals surface area contributed by atoms with Gasteiger partial charge in [-0.1, -0.05) is 35.9 Å². The zero-order valence-corrected chi connectivity index (χ0v) is 24.7. The first kappa shape index (κ1) is 28.9. The lowest BCUT2D eigenvalue weighted by molar-refractivity contribution is -0.122. The van der Waals surface area contributed by atoms with Crippen LogP contribution in [-0.4, -0.2) is 24.0 Å². The second kappa shape index (κ2) is 12.5. The smallest absolute Gasteiger partial charge is 0.270 e. The maximum Gasteiger partial charge on any atom is 0.270 e. The number of amides is 2. The minimum absolute atomic E-state index is 0.00347. The van der Waals surface area contributed by atoms with Crippen molar-refractivity contribution in [2.75, 3.05) is 12.0 Å².